The van der Waals surface area contributed by atoms with Crippen molar-refractivity contribution in [1.29, 1.82) is 0 Å². The van der Waals surface area contributed by atoms with Crippen molar-refractivity contribution in [1.82, 2.24) is 0 Å². The number of halogens is 6. The van der Waals surface area contributed by atoms with Crippen LogP contribution < -0.4 is 0 Å². The third kappa shape index (κ3) is 2.81. The smallest absolute Gasteiger partial charge is 0.166 e. The first-order valence-electron chi connectivity index (χ1n) is 4.48. The molecule has 1 aromatic carbocycles. The van der Waals surface area contributed by atoms with Gasteiger partial charge in [0.05, 0.1) is 11.1 Å². The highest BCUT2D eigenvalue weighted by atomic mass is 19.4. The second-order valence-corrected chi connectivity index (χ2v) is 3.50. The fourth-order valence-electron chi connectivity index (χ4n) is 1.48. The van der Waals surface area contributed by atoms with Crippen LogP contribution in [0.25, 0.3) is 5.57 Å². The average Bonchev–Trinajstić information content (AvgIpc) is 2.13. The molecule has 1 aromatic rings. The predicted octanol–water partition coefficient (Wildman–Crippen LogP) is 4.76. The van der Waals surface area contributed by atoms with E-state index in [1.807, 2.05) is 0 Å². The molecule has 94 valence electrons. The summed E-state index contributed by atoms with van der Waals surface area (Å²) in [5, 5.41) is 0. The Hall–Kier alpha value is -1.46. The van der Waals surface area contributed by atoms with Gasteiger partial charge in [0.2, 0.25) is 0 Å². The molecule has 17 heavy (non-hydrogen) atoms. The van der Waals surface area contributed by atoms with Gasteiger partial charge >= 0.3 is 12.4 Å². The van der Waals surface area contributed by atoms with Gasteiger partial charge in [0.15, 0.2) is 0 Å². The maximum Gasteiger partial charge on any atom is 0.417 e. The monoisotopic (exact) mass is 254 g/mol. The summed E-state index contributed by atoms with van der Waals surface area (Å²) in [7, 11) is 0. The highest BCUT2D eigenvalue weighted by Gasteiger charge is 2.40. The lowest BCUT2D eigenvalue weighted by atomic mass is 9.95. The van der Waals surface area contributed by atoms with E-state index in [-0.39, 0.29) is 5.57 Å². The Kier molecular flexibility index (Phi) is 3.27. The molecule has 0 heterocycles. The fourth-order valence-corrected chi connectivity index (χ4v) is 1.48. The van der Waals surface area contributed by atoms with Gasteiger partial charge in [-0.25, -0.2) is 0 Å². The molecule has 0 bridgehead atoms. The minimum absolute atomic E-state index is 0.273. The lowest BCUT2D eigenvalue weighted by molar-refractivity contribution is -0.143. The Bertz CT molecular complexity index is 406. The van der Waals surface area contributed by atoms with Crippen LogP contribution in [0.15, 0.2) is 24.8 Å². The van der Waals surface area contributed by atoms with Crippen LogP contribution in [0.5, 0.6) is 0 Å². The Morgan fingerprint density at radius 2 is 1.29 bits per heavy atom. The second kappa shape index (κ2) is 4.09. The van der Waals surface area contributed by atoms with Gasteiger partial charge < -0.3 is 0 Å². The number of alkyl halides is 6. The molecular formula is C11H8F6. The van der Waals surface area contributed by atoms with Gasteiger partial charge in [0.25, 0.3) is 0 Å². The van der Waals surface area contributed by atoms with Crippen LogP contribution in [0.1, 0.15) is 23.6 Å². The summed E-state index contributed by atoms with van der Waals surface area (Å²) in [5.41, 5.74) is -3.81. The zero-order valence-corrected chi connectivity index (χ0v) is 8.71. The molecule has 6 heteroatoms. The lowest BCUT2D eigenvalue weighted by Gasteiger charge is -2.18. The van der Waals surface area contributed by atoms with Crippen molar-refractivity contribution in [3.05, 3.63) is 41.5 Å². The Labute approximate surface area is 93.6 Å². The standard InChI is InChI=1S/C11H8F6/c1-6(2)9-7(10(12,13)14)4-3-5-8(9)11(15,16)17/h3-5H,1H2,2H3. The number of allylic oxidation sites excluding steroid dienone is 1. The van der Waals surface area contributed by atoms with Gasteiger partial charge in [0.1, 0.15) is 0 Å². The number of benzene rings is 1. The van der Waals surface area contributed by atoms with E-state index in [1.54, 1.807) is 0 Å². The van der Waals surface area contributed by atoms with E-state index in [9.17, 15) is 26.3 Å². The zero-order valence-electron chi connectivity index (χ0n) is 8.71. The van der Waals surface area contributed by atoms with Gasteiger partial charge in [-0.3, -0.25) is 0 Å². The Morgan fingerprint density at radius 3 is 1.53 bits per heavy atom. The van der Waals surface area contributed by atoms with E-state index in [0.717, 1.165) is 13.0 Å². The van der Waals surface area contributed by atoms with E-state index in [4.69, 9.17) is 0 Å². The summed E-state index contributed by atoms with van der Waals surface area (Å²) < 4.78 is 75.4. The first-order valence-corrected chi connectivity index (χ1v) is 4.48. The minimum Gasteiger partial charge on any atom is -0.166 e. The minimum atomic E-state index is -4.84. The average molecular weight is 254 g/mol. The molecule has 0 radical (unpaired) electrons. The van der Waals surface area contributed by atoms with Gasteiger partial charge in [-0.05, 0) is 24.6 Å². The molecular weight excluding hydrogens is 246 g/mol. The molecule has 0 atom stereocenters. The van der Waals surface area contributed by atoms with Gasteiger partial charge in [-0.1, -0.05) is 12.6 Å². The van der Waals surface area contributed by atoms with E-state index in [2.05, 4.69) is 6.58 Å². The van der Waals surface area contributed by atoms with Gasteiger partial charge in [-0.15, -0.1) is 0 Å². The summed E-state index contributed by atoms with van der Waals surface area (Å²) in [6.07, 6.45) is -9.68. The molecule has 0 N–H and O–H groups in total. The molecule has 0 spiro atoms. The molecule has 0 nitrogen and oxygen atoms in total. The molecule has 0 aliphatic carbocycles. The quantitative estimate of drug-likeness (QED) is 0.634. The maximum atomic E-state index is 12.6. The van der Waals surface area contributed by atoms with E-state index < -0.39 is 29.0 Å². The van der Waals surface area contributed by atoms with Crippen LogP contribution >= 0.6 is 0 Å². The van der Waals surface area contributed by atoms with E-state index >= 15 is 0 Å². The van der Waals surface area contributed by atoms with Crippen molar-refractivity contribution in [2.75, 3.05) is 0 Å². The van der Waals surface area contributed by atoms with Crippen LogP contribution in [-0.2, 0) is 12.4 Å². The lowest BCUT2D eigenvalue weighted by Crippen LogP contribution is -2.15. The molecule has 0 aliphatic heterocycles. The summed E-state index contributed by atoms with van der Waals surface area (Å²) in [5.74, 6) is 0. The number of hydrogen-bond donors (Lipinski definition) is 0. The van der Waals surface area contributed by atoms with Crippen molar-refractivity contribution >= 4 is 5.57 Å². The largest absolute Gasteiger partial charge is 0.417 e. The highest BCUT2D eigenvalue weighted by Crippen LogP contribution is 2.41. The Balaban J connectivity index is 3.61. The normalized spacial score (nSPS) is 12.6. The highest BCUT2D eigenvalue weighted by molar-refractivity contribution is 5.69. The molecule has 0 aromatic heterocycles. The molecule has 0 saturated carbocycles. The summed E-state index contributed by atoms with van der Waals surface area (Å²) in [6.45, 7) is 4.28. The van der Waals surface area contributed by atoms with Crippen molar-refractivity contribution in [3.63, 3.8) is 0 Å². The Morgan fingerprint density at radius 1 is 0.941 bits per heavy atom. The van der Waals surface area contributed by atoms with Gasteiger partial charge in [0, 0.05) is 5.56 Å². The van der Waals surface area contributed by atoms with Crippen molar-refractivity contribution in [2.24, 2.45) is 0 Å². The predicted molar refractivity (Wildman–Crippen MR) is 51.2 cm³/mol. The first kappa shape index (κ1) is 13.6. The maximum absolute atomic E-state index is 12.6. The van der Waals surface area contributed by atoms with E-state index in [1.165, 1.54) is 0 Å². The second-order valence-electron chi connectivity index (χ2n) is 3.50. The molecule has 0 fully saturated rings. The van der Waals surface area contributed by atoms with E-state index in [0.29, 0.717) is 12.1 Å². The molecule has 0 amide bonds. The van der Waals surface area contributed by atoms with Crippen LogP contribution in [0.4, 0.5) is 26.3 Å². The number of hydrogen-bond acceptors (Lipinski definition) is 0. The molecule has 0 saturated heterocycles. The SMILES string of the molecule is C=C(C)c1c(C(F)(F)F)cccc1C(F)(F)F. The van der Waals surface area contributed by atoms with Crippen LogP contribution in [0.2, 0.25) is 0 Å². The van der Waals surface area contributed by atoms with Gasteiger partial charge in [-0.2, -0.15) is 26.3 Å². The van der Waals surface area contributed by atoms with Crippen LogP contribution in [0.3, 0.4) is 0 Å². The summed E-state index contributed by atoms with van der Waals surface area (Å²) in [6, 6.07) is 1.95. The zero-order chi connectivity index (χ0) is 13.4. The molecule has 0 aliphatic rings. The molecule has 1 rings (SSSR count). The van der Waals surface area contributed by atoms with Crippen molar-refractivity contribution < 1.29 is 26.3 Å². The van der Waals surface area contributed by atoms with Crippen molar-refractivity contribution in [2.45, 2.75) is 19.3 Å². The fraction of sp³-hybridized carbons (Fsp3) is 0.273. The van der Waals surface area contributed by atoms with Crippen LogP contribution in [0, 0.1) is 0 Å². The first-order chi connectivity index (χ1) is 7.55. The van der Waals surface area contributed by atoms with Crippen molar-refractivity contribution in [3.8, 4) is 0 Å². The van der Waals surface area contributed by atoms with Crippen LogP contribution in [-0.4, -0.2) is 0 Å². The number of rotatable bonds is 1. The molecule has 0 unspecified atom stereocenters. The summed E-state index contributed by atoms with van der Waals surface area (Å²) in [4.78, 5) is 0. The summed E-state index contributed by atoms with van der Waals surface area (Å²) >= 11 is 0. The third-order valence-electron chi connectivity index (χ3n) is 2.10. The topological polar surface area (TPSA) is 0 Å². The third-order valence-corrected chi connectivity index (χ3v) is 2.10.